The maximum atomic E-state index is 13.1. The fourth-order valence-electron chi connectivity index (χ4n) is 3.41. The van der Waals surface area contributed by atoms with E-state index in [2.05, 4.69) is 16.9 Å². The van der Waals surface area contributed by atoms with Gasteiger partial charge in [0.05, 0.1) is 5.25 Å². The Morgan fingerprint density at radius 1 is 1.24 bits per heavy atom. The van der Waals surface area contributed by atoms with Crippen LogP contribution in [0.15, 0.2) is 84.1 Å². The van der Waals surface area contributed by atoms with Gasteiger partial charge in [-0.15, -0.1) is 17.9 Å². The van der Waals surface area contributed by atoms with Crippen LogP contribution in [0.25, 0.3) is 0 Å². The number of allylic oxidation sites excluding steroid dienone is 1. The zero-order valence-corrected chi connectivity index (χ0v) is 20.3. The Morgan fingerprint density at radius 3 is 2.68 bits per heavy atom. The van der Waals surface area contributed by atoms with Crippen LogP contribution in [-0.2, 0) is 16.0 Å². The van der Waals surface area contributed by atoms with Crippen LogP contribution in [0, 0.1) is 11.3 Å². The Kier molecular flexibility index (Phi) is 7.48. The zero-order valence-electron chi connectivity index (χ0n) is 17.9. The maximum Gasteiger partial charge on any atom is 0.270 e. The SMILES string of the molecule is C=CC[C@H]1S/C(=C(/C#N)C(=O)Nc2ncc(Cc3ccccc3Cl)s2)N(c2ccccc2)C1=O. The summed E-state index contributed by atoms with van der Waals surface area (Å²) in [6.07, 6.45) is 4.33. The molecule has 1 aliphatic heterocycles. The molecule has 3 aromatic rings. The van der Waals surface area contributed by atoms with Gasteiger partial charge in [0, 0.05) is 28.2 Å². The number of aromatic nitrogens is 1. The second-order valence-corrected chi connectivity index (χ2v) is 10.00. The van der Waals surface area contributed by atoms with Crippen molar-refractivity contribution >= 4 is 57.3 Å². The molecule has 0 radical (unpaired) electrons. The van der Waals surface area contributed by atoms with E-state index in [1.54, 1.807) is 36.5 Å². The lowest BCUT2D eigenvalue weighted by molar-refractivity contribution is -0.117. The van der Waals surface area contributed by atoms with Crippen molar-refractivity contribution < 1.29 is 9.59 Å². The predicted octanol–water partition coefficient (Wildman–Crippen LogP) is 5.79. The summed E-state index contributed by atoms with van der Waals surface area (Å²) in [6.45, 7) is 3.72. The van der Waals surface area contributed by atoms with E-state index in [4.69, 9.17) is 11.6 Å². The van der Waals surface area contributed by atoms with Gasteiger partial charge in [-0.1, -0.05) is 65.8 Å². The van der Waals surface area contributed by atoms with Gasteiger partial charge >= 0.3 is 0 Å². The van der Waals surface area contributed by atoms with Gasteiger partial charge < -0.3 is 0 Å². The third-order valence-corrected chi connectivity index (χ3v) is 7.57. The van der Waals surface area contributed by atoms with E-state index in [0.717, 1.165) is 10.4 Å². The van der Waals surface area contributed by atoms with Crippen molar-refractivity contribution in [3.63, 3.8) is 0 Å². The first-order chi connectivity index (χ1) is 16.5. The Balaban J connectivity index is 1.60. The highest BCUT2D eigenvalue weighted by atomic mass is 35.5. The number of carbonyl (C=O) groups is 2. The molecule has 0 saturated carbocycles. The predicted molar refractivity (Wildman–Crippen MR) is 138 cm³/mol. The summed E-state index contributed by atoms with van der Waals surface area (Å²) in [4.78, 5) is 32.8. The van der Waals surface area contributed by atoms with Crippen LogP contribution in [0.4, 0.5) is 10.8 Å². The average molecular weight is 507 g/mol. The largest absolute Gasteiger partial charge is 0.297 e. The number of halogens is 1. The standard InChI is InChI=1S/C25H19ClN4O2S2/c1-2-8-21-23(32)30(17-10-4-3-5-11-17)24(34-21)19(14-27)22(31)29-25-28-15-18(33-25)13-16-9-6-7-12-20(16)26/h2-7,9-12,15,21H,1,8,13H2,(H,28,29,31)/b24-19-/t21-/m1/s1. The number of hydrogen-bond acceptors (Lipinski definition) is 6. The molecule has 1 fully saturated rings. The quantitative estimate of drug-likeness (QED) is 0.249. The van der Waals surface area contributed by atoms with Gasteiger partial charge in [-0.05, 0) is 30.2 Å². The molecule has 4 rings (SSSR count). The first-order valence-corrected chi connectivity index (χ1v) is 12.4. The highest BCUT2D eigenvalue weighted by Crippen LogP contribution is 2.42. The number of carbonyl (C=O) groups excluding carboxylic acids is 2. The molecule has 1 atom stereocenters. The van der Waals surface area contributed by atoms with Crippen molar-refractivity contribution in [3.8, 4) is 6.07 Å². The molecule has 0 aliphatic carbocycles. The molecule has 9 heteroatoms. The number of amides is 2. The van der Waals surface area contributed by atoms with E-state index in [1.807, 2.05) is 36.4 Å². The number of rotatable bonds is 7. The summed E-state index contributed by atoms with van der Waals surface area (Å²) >= 11 is 8.74. The first kappa shape index (κ1) is 23.8. The van der Waals surface area contributed by atoms with E-state index in [0.29, 0.717) is 33.7 Å². The third-order valence-electron chi connectivity index (χ3n) is 5.00. The molecule has 34 heavy (non-hydrogen) atoms. The van der Waals surface area contributed by atoms with Crippen LogP contribution in [0.3, 0.4) is 0 Å². The number of hydrogen-bond donors (Lipinski definition) is 1. The fraction of sp³-hybridized carbons (Fsp3) is 0.120. The number of benzene rings is 2. The smallest absolute Gasteiger partial charge is 0.270 e. The number of nitrogens with zero attached hydrogens (tertiary/aromatic N) is 3. The lowest BCUT2D eigenvalue weighted by Gasteiger charge is -2.18. The van der Waals surface area contributed by atoms with Gasteiger partial charge in [0.15, 0.2) is 5.13 Å². The highest BCUT2D eigenvalue weighted by Gasteiger charge is 2.40. The molecule has 2 aromatic carbocycles. The van der Waals surface area contributed by atoms with Crippen molar-refractivity contribution in [1.82, 2.24) is 4.98 Å². The maximum absolute atomic E-state index is 13.1. The summed E-state index contributed by atoms with van der Waals surface area (Å²) in [5.74, 6) is -0.806. The summed E-state index contributed by atoms with van der Waals surface area (Å²) < 4.78 is 0. The molecule has 0 spiro atoms. The van der Waals surface area contributed by atoms with E-state index in [1.165, 1.54) is 28.0 Å². The van der Waals surface area contributed by atoms with Crippen LogP contribution < -0.4 is 10.2 Å². The molecular formula is C25H19ClN4O2S2. The normalized spacial score (nSPS) is 16.8. The summed E-state index contributed by atoms with van der Waals surface area (Å²) in [6, 6.07) is 18.5. The van der Waals surface area contributed by atoms with Crippen LogP contribution in [0.2, 0.25) is 5.02 Å². The topological polar surface area (TPSA) is 86.1 Å². The lowest BCUT2D eigenvalue weighted by atomic mass is 10.1. The Labute approximate surface area is 210 Å². The van der Waals surface area contributed by atoms with Crippen LogP contribution in [0.1, 0.15) is 16.9 Å². The summed E-state index contributed by atoms with van der Waals surface area (Å²) in [7, 11) is 0. The molecule has 1 aliphatic rings. The number of anilines is 2. The van der Waals surface area contributed by atoms with Gasteiger partial charge in [-0.3, -0.25) is 19.8 Å². The van der Waals surface area contributed by atoms with Crippen molar-refractivity contribution in [2.45, 2.75) is 18.1 Å². The van der Waals surface area contributed by atoms with Crippen molar-refractivity contribution in [2.75, 3.05) is 10.2 Å². The molecule has 1 N–H and O–H groups in total. The number of thioether (sulfide) groups is 1. The van der Waals surface area contributed by atoms with Gasteiger partial charge in [0.25, 0.3) is 5.91 Å². The number of para-hydroxylation sites is 1. The van der Waals surface area contributed by atoms with Gasteiger partial charge in [0.1, 0.15) is 16.7 Å². The second-order valence-electron chi connectivity index (χ2n) is 7.29. The number of nitriles is 1. The van der Waals surface area contributed by atoms with Crippen molar-refractivity contribution in [1.29, 1.82) is 5.26 Å². The Morgan fingerprint density at radius 2 is 1.97 bits per heavy atom. The zero-order chi connectivity index (χ0) is 24.1. The molecule has 2 heterocycles. The minimum Gasteiger partial charge on any atom is -0.297 e. The molecule has 0 unspecified atom stereocenters. The third kappa shape index (κ3) is 5.07. The van der Waals surface area contributed by atoms with Crippen molar-refractivity contribution in [2.24, 2.45) is 0 Å². The van der Waals surface area contributed by atoms with E-state index in [9.17, 15) is 14.9 Å². The van der Waals surface area contributed by atoms with Crippen LogP contribution in [0.5, 0.6) is 0 Å². The van der Waals surface area contributed by atoms with E-state index in [-0.39, 0.29) is 11.5 Å². The molecule has 170 valence electrons. The second kappa shape index (κ2) is 10.7. The molecule has 6 nitrogen and oxygen atoms in total. The molecule has 2 amide bonds. The molecule has 1 aromatic heterocycles. The summed E-state index contributed by atoms with van der Waals surface area (Å²) in [5.41, 5.74) is 1.41. The van der Waals surface area contributed by atoms with Gasteiger partial charge in [-0.2, -0.15) is 5.26 Å². The van der Waals surface area contributed by atoms with Gasteiger partial charge in [0.2, 0.25) is 5.91 Å². The molecule has 0 bridgehead atoms. The first-order valence-electron chi connectivity index (χ1n) is 10.3. The summed E-state index contributed by atoms with van der Waals surface area (Å²) in [5, 5.41) is 13.4. The highest BCUT2D eigenvalue weighted by molar-refractivity contribution is 8.05. The lowest BCUT2D eigenvalue weighted by Crippen LogP contribution is -2.29. The van der Waals surface area contributed by atoms with Gasteiger partial charge in [-0.25, -0.2) is 4.98 Å². The van der Waals surface area contributed by atoms with E-state index < -0.39 is 11.2 Å². The van der Waals surface area contributed by atoms with Crippen LogP contribution in [-0.4, -0.2) is 22.0 Å². The number of nitrogens with one attached hydrogen (secondary N) is 1. The number of thiazole rings is 1. The molecular weight excluding hydrogens is 488 g/mol. The van der Waals surface area contributed by atoms with E-state index >= 15 is 0 Å². The van der Waals surface area contributed by atoms with Crippen LogP contribution >= 0.6 is 34.7 Å². The minimum absolute atomic E-state index is 0.142. The van der Waals surface area contributed by atoms with Crippen molar-refractivity contribution in [3.05, 3.63) is 99.5 Å². The minimum atomic E-state index is -0.614. The Hall–Kier alpha value is -3.38. The molecule has 1 saturated heterocycles. The fourth-order valence-corrected chi connectivity index (χ4v) is 5.70. The Bertz CT molecular complexity index is 1310. The monoisotopic (exact) mass is 506 g/mol. The average Bonchev–Trinajstić information content (AvgIpc) is 3.40.